The molecule has 1 aliphatic rings. The Morgan fingerprint density at radius 2 is 1.87 bits per heavy atom. The van der Waals surface area contributed by atoms with Crippen LogP contribution in [0.1, 0.15) is 17.5 Å². The van der Waals surface area contributed by atoms with Gasteiger partial charge < -0.3 is 29.2 Å². The van der Waals surface area contributed by atoms with Gasteiger partial charge in [-0.1, -0.05) is 12.1 Å². The third kappa shape index (κ3) is 6.65. The first-order valence-corrected chi connectivity index (χ1v) is 10.3. The SMILES string of the molecule is COc1ccc(CCN(C)CCCNC(=O)/C=C/c2ccc3c(c2)OCO3)cc1OC. The first-order valence-electron chi connectivity index (χ1n) is 10.3. The van der Waals surface area contributed by atoms with Gasteiger partial charge in [-0.2, -0.15) is 0 Å². The van der Waals surface area contributed by atoms with Crippen LogP contribution < -0.4 is 24.3 Å². The minimum atomic E-state index is -0.106. The summed E-state index contributed by atoms with van der Waals surface area (Å²) in [6, 6.07) is 11.6. The van der Waals surface area contributed by atoms with Crippen LogP contribution in [0.4, 0.5) is 0 Å². The number of nitrogens with zero attached hydrogens (tertiary/aromatic N) is 1. The monoisotopic (exact) mass is 426 g/mol. The van der Waals surface area contributed by atoms with Gasteiger partial charge in [0.05, 0.1) is 14.2 Å². The summed E-state index contributed by atoms with van der Waals surface area (Å²) in [7, 11) is 5.37. The average Bonchev–Trinajstić information content (AvgIpc) is 3.26. The quantitative estimate of drug-likeness (QED) is 0.440. The Labute approximate surface area is 183 Å². The smallest absolute Gasteiger partial charge is 0.243 e. The molecule has 2 aromatic rings. The molecule has 1 heterocycles. The first kappa shape index (κ1) is 22.5. The van der Waals surface area contributed by atoms with Crippen molar-refractivity contribution in [3.05, 3.63) is 53.6 Å². The van der Waals surface area contributed by atoms with E-state index in [1.807, 2.05) is 30.3 Å². The van der Waals surface area contributed by atoms with Crippen molar-refractivity contribution in [2.24, 2.45) is 0 Å². The maximum absolute atomic E-state index is 12.0. The number of likely N-dealkylation sites (N-methyl/N-ethyl adjacent to an activating group) is 1. The van der Waals surface area contributed by atoms with Crippen LogP contribution in [0.25, 0.3) is 6.08 Å². The summed E-state index contributed by atoms with van der Waals surface area (Å²) in [5, 5.41) is 2.92. The zero-order valence-electron chi connectivity index (χ0n) is 18.3. The van der Waals surface area contributed by atoms with E-state index in [0.29, 0.717) is 12.3 Å². The van der Waals surface area contributed by atoms with E-state index >= 15 is 0 Å². The number of ether oxygens (including phenoxy) is 4. The van der Waals surface area contributed by atoms with Crippen LogP contribution in [0.2, 0.25) is 0 Å². The standard InChI is InChI=1S/C24H30N2O5/c1-26(14-11-19-5-8-20(28-2)22(15-19)29-3)13-4-12-25-24(27)10-7-18-6-9-21-23(16-18)31-17-30-21/h5-10,15-16H,4,11-14,17H2,1-3H3,(H,25,27)/b10-7+. The number of nitrogens with one attached hydrogen (secondary N) is 1. The number of benzene rings is 2. The van der Waals surface area contributed by atoms with Gasteiger partial charge in [-0.25, -0.2) is 0 Å². The molecular weight excluding hydrogens is 396 g/mol. The lowest BCUT2D eigenvalue weighted by molar-refractivity contribution is -0.116. The second kappa shape index (κ2) is 11.3. The molecule has 2 aromatic carbocycles. The summed E-state index contributed by atoms with van der Waals surface area (Å²) in [4.78, 5) is 14.3. The zero-order valence-corrected chi connectivity index (χ0v) is 18.3. The Morgan fingerprint density at radius 3 is 2.68 bits per heavy atom. The van der Waals surface area contributed by atoms with Crippen molar-refractivity contribution >= 4 is 12.0 Å². The lowest BCUT2D eigenvalue weighted by Crippen LogP contribution is -2.28. The third-order valence-corrected chi connectivity index (χ3v) is 5.07. The number of hydrogen-bond acceptors (Lipinski definition) is 6. The summed E-state index contributed by atoms with van der Waals surface area (Å²) in [6.45, 7) is 2.70. The number of carbonyl (C=O) groups excluding carboxylic acids is 1. The molecule has 0 fully saturated rings. The number of carbonyl (C=O) groups is 1. The van der Waals surface area contributed by atoms with E-state index in [0.717, 1.165) is 48.7 Å². The molecule has 31 heavy (non-hydrogen) atoms. The van der Waals surface area contributed by atoms with Crippen LogP contribution in [-0.4, -0.2) is 58.5 Å². The molecule has 0 aliphatic carbocycles. The fourth-order valence-corrected chi connectivity index (χ4v) is 3.28. The summed E-state index contributed by atoms with van der Waals surface area (Å²) >= 11 is 0. The van der Waals surface area contributed by atoms with E-state index in [1.54, 1.807) is 20.3 Å². The Kier molecular flexibility index (Phi) is 8.18. The largest absolute Gasteiger partial charge is 0.493 e. The van der Waals surface area contributed by atoms with Crippen molar-refractivity contribution in [3.8, 4) is 23.0 Å². The number of rotatable bonds is 11. The van der Waals surface area contributed by atoms with Gasteiger partial charge in [0.2, 0.25) is 12.7 Å². The topological polar surface area (TPSA) is 69.3 Å². The van der Waals surface area contributed by atoms with Crippen LogP contribution in [0, 0.1) is 0 Å². The summed E-state index contributed by atoms with van der Waals surface area (Å²) in [6.07, 6.45) is 5.11. The normalized spacial score (nSPS) is 12.4. The minimum Gasteiger partial charge on any atom is -0.493 e. The summed E-state index contributed by atoms with van der Waals surface area (Å²) in [5.41, 5.74) is 2.10. The Bertz CT molecular complexity index is 913. The average molecular weight is 427 g/mol. The minimum absolute atomic E-state index is 0.106. The van der Waals surface area contributed by atoms with Crippen molar-refractivity contribution in [1.29, 1.82) is 0 Å². The maximum Gasteiger partial charge on any atom is 0.243 e. The van der Waals surface area contributed by atoms with Gasteiger partial charge in [-0.15, -0.1) is 0 Å². The van der Waals surface area contributed by atoms with Crippen molar-refractivity contribution in [2.45, 2.75) is 12.8 Å². The Morgan fingerprint density at radius 1 is 1.06 bits per heavy atom. The number of hydrogen-bond donors (Lipinski definition) is 1. The molecule has 166 valence electrons. The van der Waals surface area contributed by atoms with Crippen LogP contribution >= 0.6 is 0 Å². The Balaban J connectivity index is 1.33. The second-order valence-corrected chi connectivity index (χ2v) is 7.33. The Hall–Kier alpha value is -3.19. The predicted molar refractivity (Wildman–Crippen MR) is 120 cm³/mol. The van der Waals surface area contributed by atoms with Gasteiger partial charge in [-0.05, 0) is 67.9 Å². The van der Waals surface area contributed by atoms with E-state index in [9.17, 15) is 4.79 Å². The fraction of sp³-hybridized carbons (Fsp3) is 0.375. The molecule has 0 aromatic heterocycles. The fourth-order valence-electron chi connectivity index (χ4n) is 3.28. The molecule has 1 amide bonds. The summed E-state index contributed by atoms with van der Waals surface area (Å²) in [5.74, 6) is 2.82. The first-order chi connectivity index (χ1) is 15.1. The number of amides is 1. The molecule has 1 N–H and O–H groups in total. The van der Waals surface area contributed by atoms with Gasteiger partial charge in [0, 0.05) is 19.2 Å². The molecule has 0 saturated carbocycles. The molecule has 0 radical (unpaired) electrons. The molecule has 7 heteroatoms. The highest BCUT2D eigenvalue weighted by Gasteiger charge is 2.12. The van der Waals surface area contributed by atoms with E-state index in [2.05, 4.69) is 23.3 Å². The predicted octanol–water partition coefficient (Wildman–Crippen LogP) is 3.13. The lowest BCUT2D eigenvalue weighted by atomic mass is 10.1. The van der Waals surface area contributed by atoms with Crippen molar-refractivity contribution < 1.29 is 23.7 Å². The lowest BCUT2D eigenvalue weighted by Gasteiger charge is -2.17. The van der Waals surface area contributed by atoms with Gasteiger partial charge >= 0.3 is 0 Å². The molecule has 3 rings (SSSR count). The van der Waals surface area contributed by atoms with E-state index in [-0.39, 0.29) is 12.7 Å². The van der Waals surface area contributed by atoms with Gasteiger partial charge in [0.15, 0.2) is 23.0 Å². The number of methoxy groups -OCH3 is 2. The van der Waals surface area contributed by atoms with Gasteiger partial charge in [0.1, 0.15) is 0 Å². The zero-order chi connectivity index (χ0) is 22.1. The van der Waals surface area contributed by atoms with Crippen LogP contribution in [-0.2, 0) is 11.2 Å². The second-order valence-electron chi connectivity index (χ2n) is 7.33. The molecule has 0 saturated heterocycles. The number of fused-ring (bicyclic) bond motifs is 1. The molecule has 0 atom stereocenters. The van der Waals surface area contributed by atoms with E-state index < -0.39 is 0 Å². The van der Waals surface area contributed by atoms with Crippen LogP contribution in [0.5, 0.6) is 23.0 Å². The molecule has 1 aliphatic heterocycles. The van der Waals surface area contributed by atoms with E-state index in [4.69, 9.17) is 18.9 Å². The molecule has 0 spiro atoms. The van der Waals surface area contributed by atoms with Crippen molar-refractivity contribution in [2.75, 3.05) is 47.7 Å². The van der Waals surface area contributed by atoms with Crippen LogP contribution in [0.15, 0.2) is 42.5 Å². The highest BCUT2D eigenvalue weighted by Crippen LogP contribution is 2.32. The van der Waals surface area contributed by atoms with Crippen molar-refractivity contribution in [3.63, 3.8) is 0 Å². The molecular formula is C24H30N2O5. The highest BCUT2D eigenvalue weighted by molar-refractivity contribution is 5.91. The van der Waals surface area contributed by atoms with Crippen molar-refractivity contribution in [1.82, 2.24) is 10.2 Å². The molecule has 0 bridgehead atoms. The third-order valence-electron chi connectivity index (χ3n) is 5.07. The summed E-state index contributed by atoms with van der Waals surface area (Å²) < 4.78 is 21.3. The van der Waals surface area contributed by atoms with Gasteiger partial charge in [0.25, 0.3) is 0 Å². The van der Waals surface area contributed by atoms with E-state index in [1.165, 1.54) is 11.6 Å². The van der Waals surface area contributed by atoms with Gasteiger partial charge in [-0.3, -0.25) is 4.79 Å². The highest BCUT2D eigenvalue weighted by atomic mass is 16.7. The molecule has 7 nitrogen and oxygen atoms in total. The maximum atomic E-state index is 12.0. The molecule has 0 unspecified atom stereocenters. The van der Waals surface area contributed by atoms with Crippen LogP contribution in [0.3, 0.4) is 0 Å².